The van der Waals surface area contributed by atoms with Gasteiger partial charge in [-0.3, -0.25) is 15.0 Å². The number of aryl methyl sites for hydroxylation is 2. The molecule has 4 N–H and O–H groups in total. The smallest absolute Gasteiger partial charge is 0.327 e. The van der Waals surface area contributed by atoms with E-state index in [0.29, 0.717) is 32.6 Å². The van der Waals surface area contributed by atoms with Gasteiger partial charge in [0.2, 0.25) is 11.8 Å². The van der Waals surface area contributed by atoms with Crippen LogP contribution in [0, 0.1) is 17.2 Å². The van der Waals surface area contributed by atoms with Gasteiger partial charge in [0.25, 0.3) is 0 Å². The number of benzene rings is 2. The molecule has 3 heterocycles. The van der Waals surface area contributed by atoms with E-state index in [0.717, 1.165) is 36.1 Å². The van der Waals surface area contributed by atoms with Crippen molar-refractivity contribution in [2.24, 2.45) is 17.6 Å². The van der Waals surface area contributed by atoms with E-state index in [4.69, 9.17) is 11.1 Å². The monoisotopic (exact) mass is 588 g/mol. The molecule has 4 amide bonds. The van der Waals surface area contributed by atoms with E-state index in [9.17, 15) is 24.3 Å². The van der Waals surface area contributed by atoms with Crippen LogP contribution in [0.4, 0.5) is 4.79 Å². The van der Waals surface area contributed by atoms with Gasteiger partial charge in [0.15, 0.2) is 12.0 Å². The number of carbonyl (C=O) groups is 4. The summed E-state index contributed by atoms with van der Waals surface area (Å²) < 4.78 is 0. The molecule has 5 rings (SSSR count). The Morgan fingerprint density at radius 2 is 1.44 bits per heavy atom. The highest BCUT2D eigenvalue weighted by molar-refractivity contribution is 6.07. The first-order chi connectivity index (χ1) is 20.7. The molecule has 228 valence electrons. The summed E-state index contributed by atoms with van der Waals surface area (Å²) >= 11 is 0. The Labute approximate surface area is 251 Å². The fourth-order valence-electron chi connectivity index (χ4n) is 6.45. The van der Waals surface area contributed by atoms with Crippen LogP contribution in [0.2, 0.25) is 0 Å². The molecule has 43 heavy (non-hydrogen) atoms. The number of hydrogen-bond donors (Lipinski definition) is 3. The number of aliphatic carboxylic acids is 1. The molecule has 3 aliphatic rings. The standard InChI is InChI=1S/C32H40N6O5/c33-31(34)37-14-4-7-25(21-37)19-26-28(30(41)42)38(29(26)40)32(43)36-17-15-35(16-18-36)27(39)20-24-12-10-23(11-13-24)9-8-22-5-2-1-3-6-22/h1-3,5-6,10-13,25-26,28H,4,7-9,14-21H2,(H3,33,34)(H,41,42). The molecule has 3 unspecified atom stereocenters. The van der Waals surface area contributed by atoms with Gasteiger partial charge in [-0.05, 0) is 54.7 Å². The van der Waals surface area contributed by atoms with Gasteiger partial charge >= 0.3 is 12.0 Å². The zero-order chi connectivity index (χ0) is 30.5. The lowest BCUT2D eigenvalue weighted by Crippen LogP contribution is -2.70. The SMILES string of the molecule is N=C(N)N1CCCC(CC2C(=O)N(C(=O)N3CCN(C(=O)Cc4ccc(CCc5ccccc5)cc4)CC3)C2C(=O)O)C1. The average molecular weight is 589 g/mol. The molecule has 11 heteroatoms. The van der Waals surface area contributed by atoms with Gasteiger partial charge in [-0.2, -0.15) is 0 Å². The van der Waals surface area contributed by atoms with Crippen LogP contribution in [0.25, 0.3) is 0 Å². The number of carboxylic acids is 1. The second kappa shape index (κ2) is 13.3. The van der Waals surface area contributed by atoms with E-state index >= 15 is 0 Å². The number of nitrogens with two attached hydrogens (primary N) is 1. The van der Waals surface area contributed by atoms with Gasteiger partial charge in [-0.15, -0.1) is 0 Å². The molecule has 3 saturated heterocycles. The van der Waals surface area contributed by atoms with Gasteiger partial charge in [0.05, 0.1) is 12.3 Å². The Kier molecular flexibility index (Phi) is 9.27. The number of likely N-dealkylation sites (tertiary alicyclic amines) is 2. The number of β-lactam (4-membered cyclic amide) rings is 1. The number of amides is 4. The van der Waals surface area contributed by atoms with Crippen molar-refractivity contribution in [2.45, 2.75) is 44.6 Å². The zero-order valence-electron chi connectivity index (χ0n) is 24.4. The summed E-state index contributed by atoms with van der Waals surface area (Å²) in [5.74, 6) is -2.46. The largest absolute Gasteiger partial charge is 0.480 e. The van der Waals surface area contributed by atoms with Crippen LogP contribution in [0.3, 0.4) is 0 Å². The highest BCUT2D eigenvalue weighted by Gasteiger charge is 2.56. The van der Waals surface area contributed by atoms with Crippen LogP contribution in [0.1, 0.15) is 36.0 Å². The van der Waals surface area contributed by atoms with E-state index in [1.807, 2.05) is 30.3 Å². The lowest BCUT2D eigenvalue weighted by Gasteiger charge is -2.47. The minimum atomic E-state index is -1.21. The molecule has 0 saturated carbocycles. The third kappa shape index (κ3) is 6.98. The molecular formula is C32H40N6O5. The molecule has 0 bridgehead atoms. The Hall–Kier alpha value is -4.41. The maximum atomic E-state index is 13.2. The fourth-order valence-corrected chi connectivity index (χ4v) is 6.45. The number of imide groups is 1. The van der Waals surface area contributed by atoms with Crippen molar-refractivity contribution in [2.75, 3.05) is 39.3 Å². The molecule has 0 aliphatic carbocycles. The number of nitrogens with one attached hydrogen (secondary N) is 1. The van der Waals surface area contributed by atoms with E-state index in [2.05, 4.69) is 24.3 Å². The lowest BCUT2D eigenvalue weighted by molar-refractivity contribution is -0.167. The lowest BCUT2D eigenvalue weighted by atomic mass is 9.78. The number of piperazine rings is 1. The van der Waals surface area contributed by atoms with Crippen LogP contribution in [0.5, 0.6) is 0 Å². The number of guanidine groups is 1. The number of carboxylic acid groups (broad SMARTS) is 1. The quantitative estimate of drug-likeness (QED) is 0.243. The summed E-state index contributed by atoms with van der Waals surface area (Å²) in [6, 6.07) is 16.6. The molecule has 3 fully saturated rings. The molecule has 11 nitrogen and oxygen atoms in total. The summed E-state index contributed by atoms with van der Waals surface area (Å²) in [6.07, 6.45) is 4.13. The molecule has 0 spiro atoms. The van der Waals surface area contributed by atoms with Crippen LogP contribution < -0.4 is 5.73 Å². The van der Waals surface area contributed by atoms with Crippen molar-refractivity contribution >= 4 is 29.8 Å². The maximum Gasteiger partial charge on any atom is 0.327 e. The molecule has 3 atom stereocenters. The van der Waals surface area contributed by atoms with Crippen LogP contribution in [-0.4, -0.2) is 99.8 Å². The van der Waals surface area contributed by atoms with E-state index in [-0.39, 0.29) is 37.3 Å². The summed E-state index contributed by atoms with van der Waals surface area (Å²) in [5, 5.41) is 17.6. The molecule has 2 aromatic rings. The first-order valence-corrected chi connectivity index (χ1v) is 15.0. The number of nitrogens with zero attached hydrogens (tertiary/aromatic N) is 4. The van der Waals surface area contributed by atoms with E-state index in [1.165, 1.54) is 16.0 Å². The topological polar surface area (TPSA) is 151 Å². The summed E-state index contributed by atoms with van der Waals surface area (Å²) in [7, 11) is 0. The van der Waals surface area contributed by atoms with Crippen molar-refractivity contribution in [1.29, 1.82) is 5.41 Å². The second-order valence-corrected chi connectivity index (χ2v) is 11.8. The number of piperidine rings is 1. The van der Waals surface area contributed by atoms with Crippen molar-refractivity contribution in [3.05, 3.63) is 71.3 Å². The number of hydrogen-bond acceptors (Lipinski definition) is 5. The molecular weight excluding hydrogens is 548 g/mol. The maximum absolute atomic E-state index is 13.2. The Bertz CT molecular complexity index is 1340. The molecule has 0 radical (unpaired) electrons. The predicted molar refractivity (Wildman–Crippen MR) is 160 cm³/mol. The molecule has 3 aliphatic heterocycles. The highest BCUT2D eigenvalue weighted by Crippen LogP contribution is 2.36. The molecule has 0 aromatic heterocycles. The van der Waals surface area contributed by atoms with Crippen molar-refractivity contribution < 1.29 is 24.3 Å². The van der Waals surface area contributed by atoms with E-state index in [1.54, 1.807) is 9.80 Å². The predicted octanol–water partition coefficient (Wildman–Crippen LogP) is 2.19. The van der Waals surface area contributed by atoms with Gasteiger partial charge in [0.1, 0.15) is 0 Å². The average Bonchev–Trinajstić information content (AvgIpc) is 3.02. The minimum Gasteiger partial charge on any atom is -0.480 e. The number of carbonyl (C=O) groups excluding carboxylic acids is 3. The van der Waals surface area contributed by atoms with Gasteiger partial charge < -0.3 is 25.5 Å². The van der Waals surface area contributed by atoms with Crippen molar-refractivity contribution in [3.8, 4) is 0 Å². The van der Waals surface area contributed by atoms with E-state index < -0.39 is 29.9 Å². The highest BCUT2D eigenvalue weighted by atomic mass is 16.4. The number of rotatable bonds is 8. The first kappa shape index (κ1) is 30.1. The zero-order valence-corrected chi connectivity index (χ0v) is 24.4. The Morgan fingerprint density at radius 1 is 0.837 bits per heavy atom. The normalized spacial score (nSPS) is 22.2. The summed E-state index contributed by atoms with van der Waals surface area (Å²) in [5.41, 5.74) is 9.05. The van der Waals surface area contributed by atoms with Gasteiger partial charge in [0, 0.05) is 39.3 Å². The van der Waals surface area contributed by atoms with Gasteiger partial charge in [-0.1, -0.05) is 54.6 Å². The molecule has 2 aromatic carbocycles. The summed E-state index contributed by atoms with van der Waals surface area (Å²) in [4.78, 5) is 57.2. The van der Waals surface area contributed by atoms with Crippen LogP contribution in [-0.2, 0) is 33.6 Å². The second-order valence-electron chi connectivity index (χ2n) is 11.8. The Morgan fingerprint density at radius 3 is 2.07 bits per heavy atom. The van der Waals surface area contributed by atoms with Crippen LogP contribution >= 0.6 is 0 Å². The fraction of sp³-hybridized carbons (Fsp3) is 0.469. The summed E-state index contributed by atoms with van der Waals surface area (Å²) in [6.45, 7) is 2.30. The van der Waals surface area contributed by atoms with Crippen LogP contribution in [0.15, 0.2) is 54.6 Å². The Balaban J connectivity index is 1.09. The van der Waals surface area contributed by atoms with Gasteiger partial charge in [-0.25, -0.2) is 14.5 Å². The first-order valence-electron chi connectivity index (χ1n) is 15.0. The van der Waals surface area contributed by atoms with Crippen molar-refractivity contribution in [3.63, 3.8) is 0 Å². The third-order valence-corrected chi connectivity index (χ3v) is 8.95. The minimum absolute atomic E-state index is 0.0266. The number of urea groups is 1. The van der Waals surface area contributed by atoms with Crippen molar-refractivity contribution in [1.82, 2.24) is 19.6 Å². The third-order valence-electron chi connectivity index (χ3n) is 8.95.